The summed E-state index contributed by atoms with van der Waals surface area (Å²) in [5.41, 5.74) is 1.57. The van der Waals surface area contributed by atoms with Crippen LogP contribution in [-0.4, -0.2) is 10.1 Å². The maximum Gasteiger partial charge on any atom is 0.0916 e. The molecule has 0 aromatic carbocycles. The molecule has 2 rings (SSSR count). The lowest BCUT2D eigenvalue weighted by Crippen LogP contribution is -2.23. The summed E-state index contributed by atoms with van der Waals surface area (Å²) in [6.45, 7) is 6.39. The van der Waals surface area contributed by atoms with E-state index >= 15 is 0 Å². The van der Waals surface area contributed by atoms with Gasteiger partial charge in [-0.05, 0) is 37.7 Å². The molecule has 1 aromatic rings. The fourth-order valence-corrected chi connectivity index (χ4v) is 2.50. The summed E-state index contributed by atoms with van der Waals surface area (Å²) in [7, 11) is 0. The van der Waals surface area contributed by atoms with E-state index in [2.05, 4.69) is 18.8 Å². The van der Waals surface area contributed by atoms with Crippen molar-refractivity contribution < 1.29 is 5.11 Å². The zero-order chi connectivity index (χ0) is 11.1. The topological polar surface area (TPSA) is 33.1 Å². The first kappa shape index (κ1) is 10.6. The van der Waals surface area contributed by atoms with Crippen molar-refractivity contribution in [3.63, 3.8) is 0 Å². The van der Waals surface area contributed by atoms with E-state index in [1.165, 1.54) is 0 Å². The molecule has 1 saturated carbocycles. The van der Waals surface area contributed by atoms with Crippen LogP contribution >= 0.6 is 0 Å². The molecule has 0 aliphatic heterocycles. The van der Waals surface area contributed by atoms with Crippen molar-refractivity contribution in [1.82, 2.24) is 4.98 Å². The first-order valence-corrected chi connectivity index (χ1v) is 5.57. The highest BCUT2D eigenvalue weighted by Crippen LogP contribution is 2.48. The SMILES string of the molecule is Cc1ccc(C2(O)CCC(C)(C)C2)cn1. The Morgan fingerprint density at radius 1 is 1.27 bits per heavy atom. The second-order valence-electron chi connectivity index (χ2n) is 5.56. The summed E-state index contributed by atoms with van der Waals surface area (Å²) in [5, 5.41) is 10.5. The third kappa shape index (κ3) is 2.05. The van der Waals surface area contributed by atoms with Gasteiger partial charge < -0.3 is 5.11 Å². The number of aryl methyl sites for hydroxylation is 1. The fraction of sp³-hybridized carbons (Fsp3) is 0.615. The van der Waals surface area contributed by atoms with Gasteiger partial charge >= 0.3 is 0 Å². The van der Waals surface area contributed by atoms with Crippen LogP contribution in [0.1, 0.15) is 44.4 Å². The van der Waals surface area contributed by atoms with Crippen LogP contribution in [0.15, 0.2) is 18.3 Å². The lowest BCUT2D eigenvalue weighted by molar-refractivity contribution is 0.0335. The van der Waals surface area contributed by atoms with Crippen LogP contribution in [0.3, 0.4) is 0 Å². The summed E-state index contributed by atoms with van der Waals surface area (Å²) in [4.78, 5) is 4.26. The van der Waals surface area contributed by atoms with Gasteiger partial charge in [0.25, 0.3) is 0 Å². The Balaban J connectivity index is 2.27. The number of hydrogen-bond donors (Lipinski definition) is 1. The Morgan fingerprint density at radius 3 is 2.47 bits per heavy atom. The van der Waals surface area contributed by atoms with Gasteiger partial charge in [0, 0.05) is 17.5 Å². The quantitative estimate of drug-likeness (QED) is 0.764. The molecular formula is C13H19NO. The lowest BCUT2D eigenvalue weighted by atomic mass is 9.86. The number of aliphatic hydroxyl groups is 1. The van der Waals surface area contributed by atoms with Crippen LogP contribution in [0.4, 0.5) is 0 Å². The van der Waals surface area contributed by atoms with E-state index in [9.17, 15) is 5.11 Å². The highest BCUT2D eigenvalue weighted by molar-refractivity contribution is 5.22. The van der Waals surface area contributed by atoms with Crippen molar-refractivity contribution in [2.24, 2.45) is 5.41 Å². The molecule has 0 amide bonds. The van der Waals surface area contributed by atoms with E-state index < -0.39 is 5.60 Å². The summed E-state index contributed by atoms with van der Waals surface area (Å²) in [6, 6.07) is 3.97. The Labute approximate surface area is 91.4 Å². The molecular weight excluding hydrogens is 186 g/mol. The van der Waals surface area contributed by atoms with Crippen LogP contribution in [-0.2, 0) is 5.60 Å². The molecule has 0 bridgehead atoms. The Morgan fingerprint density at radius 2 is 2.00 bits per heavy atom. The molecule has 1 atom stereocenters. The van der Waals surface area contributed by atoms with Gasteiger partial charge in [-0.3, -0.25) is 4.98 Å². The van der Waals surface area contributed by atoms with Gasteiger partial charge in [0.15, 0.2) is 0 Å². The number of pyridine rings is 1. The Kier molecular flexibility index (Phi) is 2.34. The zero-order valence-corrected chi connectivity index (χ0v) is 9.75. The first-order chi connectivity index (χ1) is 6.91. The molecule has 1 aliphatic rings. The van der Waals surface area contributed by atoms with Crippen LogP contribution < -0.4 is 0 Å². The van der Waals surface area contributed by atoms with E-state index in [1.54, 1.807) is 0 Å². The highest BCUT2D eigenvalue weighted by Gasteiger charge is 2.42. The van der Waals surface area contributed by atoms with Gasteiger partial charge in [-0.1, -0.05) is 19.9 Å². The molecule has 2 nitrogen and oxygen atoms in total. The van der Waals surface area contributed by atoms with Gasteiger partial charge in [0.05, 0.1) is 5.60 Å². The Hall–Kier alpha value is -0.890. The van der Waals surface area contributed by atoms with E-state index in [4.69, 9.17) is 0 Å². The van der Waals surface area contributed by atoms with Gasteiger partial charge in [-0.25, -0.2) is 0 Å². The molecule has 1 N–H and O–H groups in total. The number of aromatic nitrogens is 1. The van der Waals surface area contributed by atoms with E-state index in [0.717, 1.165) is 30.5 Å². The third-order valence-corrected chi connectivity index (χ3v) is 3.44. The van der Waals surface area contributed by atoms with Gasteiger partial charge in [0.1, 0.15) is 0 Å². The van der Waals surface area contributed by atoms with Gasteiger partial charge in [-0.2, -0.15) is 0 Å². The van der Waals surface area contributed by atoms with Crippen molar-refractivity contribution in [3.05, 3.63) is 29.6 Å². The minimum Gasteiger partial charge on any atom is -0.385 e. The fourth-order valence-electron chi connectivity index (χ4n) is 2.50. The van der Waals surface area contributed by atoms with E-state index in [1.807, 2.05) is 25.3 Å². The monoisotopic (exact) mass is 205 g/mol. The van der Waals surface area contributed by atoms with Crippen molar-refractivity contribution in [2.45, 2.75) is 45.6 Å². The molecule has 2 heteroatoms. The van der Waals surface area contributed by atoms with Crippen LogP contribution in [0.25, 0.3) is 0 Å². The molecule has 15 heavy (non-hydrogen) atoms. The van der Waals surface area contributed by atoms with Crippen LogP contribution in [0.5, 0.6) is 0 Å². The molecule has 1 fully saturated rings. The molecule has 82 valence electrons. The standard InChI is InChI=1S/C13H19NO/c1-10-4-5-11(8-14-10)13(15)7-6-12(2,3)9-13/h4-5,8,15H,6-7,9H2,1-3H3. The summed E-state index contributed by atoms with van der Waals surface area (Å²) < 4.78 is 0. The van der Waals surface area contributed by atoms with Crippen molar-refractivity contribution in [2.75, 3.05) is 0 Å². The average Bonchev–Trinajstić information content (AvgIpc) is 2.43. The predicted molar refractivity (Wildman–Crippen MR) is 60.5 cm³/mol. The largest absolute Gasteiger partial charge is 0.385 e. The van der Waals surface area contributed by atoms with E-state index in [0.29, 0.717) is 0 Å². The van der Waals surface area contributed by atoms with Gasteiger partial charge in [-0.15, -0.1) is 0 Å². The molecule has 1 unspecified atom stereocenters. The maximum absolute atomic E-state index is 10.5. The number of nitrogens with zero attached hydrogens (tertiary/aromatic N) is 1. The maximum atomic E-state index is 10.5. The molecule has 1 heterocycles. The third-order valence-electron chi connectivity index (χ3n) is 3.44. The molecule has 1 aliphatic carbocycles. The van der Waals surface area contributed by atoms with Crippen molar-refractivity contribution in [3.8, 4) is 0 Å². The molecule has 0 spiro atoms. The Bertz CT molecular complexity index is 355. The van der Waals surface area contributed by atoms with Crippen LogP contribution in [0.2, 0.25) is 0 Å². The zero-order valence-electron chi connectivity index (χ0n) is 9.75. The van der Waals surface area contributed by atoms with E-state index in [-0.39, 0.29) is 5.41 Å². The minimum atomic E-state index is -0.649. The summed E-state index contributed by atoms with van der Waals surface area (Å²) in [5.74, 6) is 0. The molecule has 0 radical (unpaired) electrons. The van der Waals surface area contributed by atoms with Gasteiger partial charge in [0.2, 0.25) is 0 Å². The average molecular weight is 205 g/mol. The highest BCUT2D eigenvalue weighted by atomic mass is 16.3. The lowest BCUT2D eigenvalue weighted by Gasteiger charge is -2.25. The molecule has 0 saturated heterocycles. The first-order valence-electron chi connectivity index (χ1n) is 5.57. The number of rotatable bonds is 1. The summed E-state index contributed by atoms with van der Waals surface area (Å²) in [6.07, 6.45) is 4.59. The van der Waals surface area contributed by atoms with Crippen molar-refractivity contribution >= 4 is 0 Å². The smallest absolute Gasteiger partial charge is 0.0916 e. The molecule has 1 aromatic heterocycles. The second kappa shape index (κ2) is 3.31. The van der Waals surface area contributed by atoms with Crippen LogP contribution in [0, 0.1) is 12.3 Å². The number of hydrogen-bond acceptors (Lipinski definition) is 2. The second-order valence-corrected chi connectivity index (χ2v) is 5.56. The minimum absolute atomic E-state index is 0.250. The predicted octanol–water partition coefficient (Wildman–Crippen LogP) is 2.79. The van der Waals surface area contributed by atoms with Crippen molar-refractivity contribution in [1.29, 1.82) is 0 Å². The summed E-state index contributed by atoms with van der Waals surface area (Å²) >= 11 is 0. The normalized spacial score (nSPS) is 29.3.